The van der Waals surface area contributed by atoms with E-state index in [0.29, 0.717) is 5.76 Å². The second-order valence-corrected chi connectivity index (χ2v) is 6.70. The SMILES string of the molecule is Cc1ccc(C)c(NC(=O)c2ccc(COc3ccc(Br)cc3)o2)c1. The molecule has 1 heterocycles. The van der Waals surface area contributed by atoms with Crippen molar-refractivity contribution in [2.75, 3.05) is 5.32 Å². The van der Waals surface area contributed by atoms with E-state index in [1.165, 1.54) is 0 Å². The fourth-order valence-electron chi connectivity index (χ4n) is 2.32. The van der Waals surface area contributed by atoms with Gasteiger partial charge in [-0.1, -0.05) is 28.1 Å². The van der Waals surface area contributed by atoms with Crippen LogP contribution in [0.25, 0.3) is 0 Å². The summed E-state index contributed by atoms with van der Waals surface area (Å²) in [4.78, 5) is 12.4. The Morgan fingerprint density at radius 2 is 1.84 bits per heavy atom. The van der Waals surface area contributed by atoms with Gasteiger partial charge in [0, 0.05) is 10.2 Å². The number of carbonyl (C=O) groups is 1. The molecule has 1 amide bonds. The highest BCUT2D eigenvalue weighted by molar-refractivity contribution is 9.10. The number of hydrogen-bond donors (Lipinski definition) is 1. The lowest BCUT2D eigenvalue weighted by atomic mass is 10.1. The van der Waals surface area contributed by atoms with E-state index in [1.807, 2.05) is 56.3 Å². The fourth-order valence-corrected chi connectivity index (χ4v) is 2.58. The summed E-state index contributed by atoms with van der Waals surface area (Å²) < 4.78 is 12.2. The summed E-state index contributed by atoms with van der Waals surface area (Å²) >= 11 is 3.38. The van der Waals surface area contributed by atoms with Gasteiger partial charge in [0.05, 0.1) is 0 Å². The summed E-state index contributed by atoms with van der Waals surface area (Å²) in [6, 6.07) is 16.9. The van der Waals surface area contributed by atoms with Crippen molar-refractivity contribution in [2.45, 2.75) is 20.5 Å². The molecule has 5 heteroatoms. The molecule has 0 fully saturated rings. The van der Waals surface area contributed by atoms with Crippen LogP contribution in [0.4, 0.5) is 5.69 Å². The van der Waals surface area contributed by atoms with E-state index in [4.69, 9.17) is 9.15 Å². The van der Waals surface area contributed by atoms with Crippen molar-refractivity contribution < 1.29 is 13.9 Å². The van der Waals surface area contributed by atoms with E-state index in [9.17, 15) is 4.79 Å². The van der Waals surface area contributed by atoms with Gasteiger partial charge in [-0.15, -0.1) is 0 Å². The minimum absolute atomic E-state index is 0.260. The van der Waals surface area contributed by atoms with Crippen molar-refractivity contribution in [1.29, 1.82) is 0 Å². The lowest BCUT2D eigenvalue weighted by molar-refractivity contribution is 0.0992. The summed E-state index contributed by atoms with van der Waals surface area (Å²) in [5.74, 6) is 1.31. The maximum atomic E-state index is 12.4. The van der Waals surface area contributed by atoms with Crippen LogP contribution in [0.3, 0.4) is 0 Å². The van der Waals surface area contributed by atoms with E-state index in [-0.39, 0.29) is 18.3 Å². The minimum Gasteiger partial charge on any atom is -0.486 e. The molecule has 0 aliphatic rings. The van der Waals surface area contributed by atoms with E-state index in [2.05, 4.69) is 21.2 Å². The van der Waals surface area contributed by atoms with Gasteiger partial charge in [0.2, 0.25) is 0 Å². The second kappa shape index (κ2) is 7.57. The van der Waals surface area contributed by atoms with Gasteiger partial charge in [0.1, 0.15) is 18.1 Å². The molecule has 0 aliphatic carbocycles. The summed E-state index contributed by atoms with van der Waals surface area (Å²) in [6.45, 7) is 4.20. The second-order valence-electron chi connectivity index (χ2n) is 5.78. The van der Waals surface area contributed by atoms with Crippen molar-refractivity contribution in [2.24, 2.45) is 0 Å². The van der Waals surface area contributed by atoms with Gasteiger partial charge in [0.15, 0.2) is 5.76 Å². The Labute approximate surface area is 154 Å². The normalized spacial score (nSPS) is 10.5. The molecule has 0 radical (unpaired) electrons. The molecule has 0 atom stereocenters. The zero-order valence-corrected chi connectivity index (χ0v) is 15.6. The average Bonchev–Trinajstić information content (AvgIpc) is 3.07. The number of hydrogen-bond acceptors (Lipinski definition) is 3. The van der Waals surface area contributed by atoms with Crippen LogP contribution in [0.1, 0.15) is 27.4 Å². The Kier molecular flexibility index (Phi) is 5.24. The van der Waals surface area contributed by atoms with E-state index < -0.39 is 0 Å². The Hall–Kier alpha value is -2.53. The summed E-state index contributed by atoms with van der Waals surface area (Å²) in [5, 5.41) is 2.88. The molecule has 1 N–H and O–H groups in total. The maximum absolute atomic E-state index is 12.4. The van der Waals surface area contributed by atoms with Gasteiger partial charge in [-0.2, -0.15) is 0 Å². The van der Waals surface area contributed by atoms with Crippen LogP contribution in [0.5, 0.6) is 5.75 Å². The predicted molar refractivity (Wildman–Crippen MR) is 101 cm³/mol. The lowest BCUT2D eigenvalue weighted by Crippen LogP contribution is -2.12. The number of anilines is 1. The first-order valence-electron chi connectivity index (χ1n) is 7.87. The molecule has 1 aromatic heterocycles. The van der Waals surface area contributed by atoms with Crippen LogP contribution in [-0.4, -0.2) is 5.91 Å². The quantitative estimate of drug-likeness (QED) is 0.616. The van der Waals surface area contributed by atoms with Crippen LogP contribution in [0.2, 0.25) is 0 Å². The van der Waals surface area contributed by atoms with Crippen LogP contribution >= 0.6 is 15.9 Å². The molecule has 0 saturated heterocycles. The molecule has 128 valence electrons. The van der Waals surface area contributed by atoms with Crippen molar-refractivity contribution in [3.63, 3.8) is 0 Å². The Balaban J connectivity index is 1.63. The van der Waals surface area contributed by atoms with Crippen LogP contribution in [0.15, 0.2) is 63.5 Å². The fraction of sp³-hybridized carbons (Fsp3) is 0.150. The molecular formula is C20H18BrNO3. The maximum Gasteiger partial charge on any atom is 0.291 e. The van der Waals surface area contributed by atoms with Gasteiger partial charge in [-0.3, -0.25) is 4.79 Å². The van der Waals surface area contributed by atoms with Crippen molar-refractivity contribution >= 4 is 27.5 Å². The van der Waals surface area contributed by atoms with E-state index >= 15 is 0 Å². The van der Waals surface area contributed by atoms with Gasteiger partial charge in [0.25, 0.3) is 5.91 Å². The van der Waals surface area contributed by atoms with Crippen LogP contribution in [0, 0.1) is 13.8 Å². The third kappa shape index (κ3) is 4.51. The average molecular weight is 400 g/mol. The summed E-state index contributed by atoms with van der Waals surface area (Å²) in [7, 11) is 0. The number of carbonyl (C=O) groups excluding carboxylic acids is 1. The van der Waals surface area contributed by atoms with Gasteiger partial charge >= 0.3 is 0 Å². The highest BCUT2D eigenvalue weighted by Gasteiger charge is 2.13. The number of ether oxygens (including phenoxy) is 1. The van der Waals surface area contributed by atoms with Crippen LogP contribution < -0.4 is 10.1 Å². The monoisotopic (exact) mass is 399 g/mol. The highest BCUT2D eigenvalue weighted by Crippen LogP contribution is 2.20. The zero-order chi connectivity index (χ0) is 17.8. The number of nitrogens with one attached hydrogen (secondary N) is 1. The summed E-state index contributed by atoms with van der Waals surface area (Å²) in [5.41, 5.74) is 2.88. The van der Waals surface area contributed by atoms with E-state index in [0.717, 1.165) is 27.0 Å². The number of amides is 1. The lowest BCUT2D eigenvalue weighted by Gasteiger charge is -2.08. The standard InChI is InChI=1S/C20H18BrNO3/c1-13-3-4-14(2)18(11-13)22-20(23)19-10-9-17(25-19)12-24-16-7-5-15(21)6-8-16/h3-11H,12H2,1-2H3,(H,22,23). The van der Waals surface area contributed by atoms with Crippen molar-refractivity contribution in [3.8, 4) is 5.75 Å². The summed E-state index contributed by atoms with van der Waals surface area (Å²) in [6.07, 6.45) is 0. The number of benzene rings is 2. The molecule has 0 aliphatic heterocycles. The Bertz CT molecular complexity index is 884. The third-order valence-corrected chi connectivity index (χ3v) is 4.25. The first-order valence-corrected chi connectivity index (χ1v) is 8.66. The molecule has 25 heavy (non-hydrogen) atoms. The Morgan fingerprint density at radius 1 is 1.08 bits per heavy atom. The minimum atomic E-state index is -0.274. The number of halogens is 1. The van der Waals surface area contributed by atoms with Crippen molar-refractivity contribution in [1.82, 2.24) is 0 Å². The molecular weight excluding hydrogens is 382 g/mol. The van der Waals surface area contributed by atoms with Gasteiger partial charge in [-0.25, -0.2) is 0 Å². The number of rotatable bonds is 5. The molecule has 3 aromatic rings. The number of aryl methyl sites for hydroxylation is 2. The van der Waals surface area contributed by atoms with E-state index in [1.54, 1.807) is 12.1 Å². The molecule has 0 bridgehead atoms. The molecule has 0 spiro atoms. The van der Waals surface area contributed by atoms with Crippen molar-refractivity contribution in [3.05, 3.63) is 81.7 Å². The topological polar surface area (TPSA) is 51.5 Å². The van der Waals surface area contributed by atoms with Crippen LogP contribution in [-0.2, 0) is 6.61 Å². The highest BCUT2D eigenvalue weighted by atomic mass is 79.9. The van der Waals surface area contributed by atoms with Gasteiger partial charge < -0.3 is 14.5 Å². The predicted octanol–water partition coefficient (Wildman–Crippen LogP) is 5.49. The smallest absolute Gasteiger partial charge is 0.291 e. The molecule has 2 aromatic carbocycles. The zero-order valence-electron chi connectivity index (χ0n) is 14.0. The molecule has 0 unspecified atom stereocenters. The number of furan rings is 1. The molecule has 4 nitrogen and oxygen atoms in total. The molecule has 3 rings (SSSR count). The first kappa shape index (κ1) is 17.3. The Morgan fingerprint density at radius 3 is 2.60 bits per heavy atom. The largest absolute Gasteiger partial charge is 0.486 e. The first-order chi connectivity index (χ1) is 12.0. The molecule has 0 saturated carbocycles. The van der Waals surface area contributed by atoms with Gasteiger partial charge in [-0.05, 0) is 67.4 Å². The third-order valence-electron chi connectivity index (χ3n) is 3.72.